The number of rotatable bonds is 4. The summed E-state index contributed by atoms with van der Waals surface area (Å²) in [6, 6.07) is 0.611. The smallest absolute Gasteiger partial charge is 0.0885 e. The van der Waals surface area contributed by atoms with E-state index in [-0.39, 0.29) is 35.2 Å². The second-order valence-corrected chi connectivity index (χ2v) is 15.7. The van der Waals surface area contributed by atoms with E-state index in [1.165, 1.54) is 12.8 Å². The van der Waals surface area contributed by atoms with Gasteiger partial charge in [0.05, 0.1) is 50.5 Å². The molecule has 0 radical (unpaired) electrons. The van der Waals surface area contributed by atoms with E-state index in [1.54, 1.807) is 0 Å². The van der Waals surface area contributed by atoms with Crippen LogP contribution in [0.25, 0.3) is 0 Å². The van der Waals surface area contributed by atoms with Gasteiger partial charge in [-0.05, 0) is 86.5 Å². The maximum atomic E-state index is 11.4. The van der Waals surface area contributed by atoms with Crippen molar-refractivity contribution < 1.29 is 15.3 Å². The van der Waals surface area contributed by atoms with Crippen molar-refractivity contribution in [3.63, 3.8) is 0 Å². The van der Waals surface area contributed by atoms with E-state index in [1.807, 2.05) is 0 Å². The zero-order valence-electron chi connectivity index (χ0n) is 30.0. The van der Waals surface area contributed by atoms with Crippen molar-refractivity contribution in [2.24, 2.45) is 11.8 Å². The van der Waals surface area contributed by atoms with E-state index in [0.29, 0.717) is 18.4 Å². The highest BCUT2D eigenvalue weighted by Crippen LogP contribution is 2.46. The van der Waals surface area contributed by atoms with E-state index in [0.717, 1.165) is 91.9 Å². The van der Waals surface area contributed by atoms with Gasteiger partial charge in [0.2, 0.25) is 0 Å². The standard InChI is InChI=1S/C17H34N4O2.C17H34N4O/c1-5-20-11-19(4)10-13-14(22)9-17(16(23)15(13)20)7-8-18(3)12-21(17)6-2;1-5-20-12-19(4)11-14-15(20)9-17(10-16(14)22)7-8-18(3)13-21(17)6-2/h13-16,22-23H,5-12H2,1-4H3;14-16,22H,5-13H2,1-4H3. The third-order valence-electron chi connectivity index (χ3n) is 12.9. The first kappa shape index (κ1) is 35.9. The first-order chi connectivity index (χ1) is 21.4. The van der Waals surface area contributed by atoms with Gasteiger partial charge in [0, 0.05) is 55.6 Å². The number of fused-ring (bicyclic) bond motifs is 2. The van der Waals surface area contributed by atoms with Crippen LogP contribution in [0.1, 0.15) is 59.8 Å². The molecule has 11 nitrogen and oxygen atoms in total. The normalized spacial score (nSPS) is 43.7. The number of hydrogen-bond donors (Lipinski definition) is 3. The van der Waals surface area contributed by atoms with Gasteiger partial charge in [-0.3, -0.25) is 39.2 Å². The molecule has 45 heavy (non-hydrogen) atoms. The van der Waals surface area contributed by atoms with Crippen LogP contribution in [0, 0.1) is 11.8 Å². The summed E-state index contributed by atoms with van der Waals surface area (Å²) in [4.78, 5) is 19.3. The summed E-state index contributed by atoms with van der Waals surface area (Å²) in [6.45, 7) is 20.8. The molecule has 9 unspecified atom stereocenters. The summed E-state index contributed by atoms with van der Waals surface area (Å²) in [6.07, 6.45) is 4.14. The molecule has 6 rings (SSSR count). The van der Waals surface area contributed by atoms with Crippen molar-refractivity contribution >= 4 is 0 Å². The predicted molar refractivity (Wildman–Crippen MR) is 181 cm³/mol. The number of aliphatic hydroxyl groups excluding tert-OH is 3. The molecule has 0 aromatic heterocycles. The fourth-order valence-electron chi connectivity index (χ4n) is 10.5. The fourth-order valence-corrected chi connectivity index (χ4v) is 10.5. The fraction of sp³-hybridized carbons (Fsp3) is 1.00. The second-order valence-electron chi connectivity index (χ2n) is 15.7. The van der Waals surface area contributed by atoms with Crippen LogP contribution in [0.4, 0.5) is 0 Å². The highest BCUT2D eigenvalue weighted by atomic mass is 16.3. The quantitative estimate of drug-likeness (QED) is 0.401. The summed E-state index contributed by atoms with van der Waals surface area (Å²) in [5.41, 5.74) is -0.0592. The van der Waals surface area contributed by atoms with Gasteiger partial charge in [0.25, 0.3) is 0 Å². The molecular weight excluding hydrogens is 568 g/mol. The van der Waals surface area contributed by atoms with Crippen LogP contribution in [0.3, 0.4) is 0 Å². The second kappa shape index (κ2) is 14.6. The van der Waals surface area contributed by atoms with Gasteiger partial charge in [0.1, 0.15) is 0 Å². The zero-order valence-corrected chi connectivity index (χ0v) is 30.0. The third-order valence-corrected chi connectivity index (χ3v) is 12.9. The number of likely N-dealkylation sites (N-methyl/N-ethyl adjacent to an activating group) is 2. The van der Waals surface area contributed by atoms with Gasteiger partial charge >= 0.3 is 0 Å². The average Bonchev–Trinajstić information content (AvgIpc) is 3.02. The van der Waals surface area contributed by atoms with E-state index >= 15 is 0 Å². The van der Waals surface area contributed by atoms with Crippen LogP contribution in [0.5, 0.6) is 0 Å². The minimum atomic E-state index is -0.391. The van der Waals surface area contributed by atoms with Crippen LogP contribution >= 0.6 is 0 Å². The minimum absolute atomic E-state index is 0.0670. The number of nitrogens with zero attached hydrogens (tertiary/aromatic N) is 8. The molecule has 6 aliphatic rings. The van der Waals surface area contributed by atoms with Crippen LogP contribution < -0.4 is 0 Å². The molecule has 0 bridgehead atoms. The lowest BCUT2D eigenvalue weighted by atomic mass is 9.65. The molecule has 11 heteroatoms. The molecule has 4 saturated heterocycles. The van der Waals surface area contributed by atoms with E-state index in [4.69, 9.17) is 0 Å². The molecule has 0 aromatic carbocycles. The Morgan fingerprint density at radius 1 is 0.578 bits per heavy atom. The maximum absolute atomic E-state index is 11.4. The highest BCUT2D eigenvalue weighted by Gasteiger charge is 2.58. The van der Waals surface area contributed by atoms with Crippen molar-refractivity contribution in [2.75, 3.05) is 107 Å². The lowest BCUT2D eigenvalue weighted by Crippen LogP contribution is -2.76. The van der Waals surface area contributed by atoms with Crippen LogP contribution in [0.2, 0.25) is 0 Å². The van der Waals surface area contributed by atoms with Crippen LogP contribution in [-0.2, 0) is 0 Å². The Kier molecular flexibility index (Phi) is 11.6. The van der Waals surface area contributed by atoms with Crippen molar-refractivity contribution in [1.82, 2.24) is 39.2 Å². The molecule has 2 saturated carbocycles. The van der Waals surface area contributed by atoms with Crippen LogP contribution in [-0.4, -0.2) is 203 Å². The minimum Gasteiger partial charge on any atom is -0.393 e. The van der Waals surface area contributed by atoms with Gasteiger partial charge < -0.3 is 15.3 Å². The Labute approximate surface area is 274 Å². The summed E-state index contributed by atoms with van der Waals surface area (Å²) in [7, 11) is 8.64. The number of hydrogen-bond acceptors (Lipinski definition) is 11. The Morgan fingerprint density at radius 3 is 1.76 bits per heavy atom. The Balaban J connectivity index is 0.000000178. The number of aliphatic hydroxyl groups is 3. The summed E-state index contributed by atoms with van der Waals surface area (Å²) in [5.74, 6) is 0.565. The van der Waals surface area contributed by atoms with Crippen molar-refractivity contribution in [2.45, 2.75) is 101 Å². The Morgan fingerprint density at radius 2 is 1.13 bits per heavy atom. The van der Waals surface area contributed by atoms with E-state index < -0.39 is 6.10 Å². The van der Waals surface area contributed by atoms with Gasteiger partial charge in [0.15, 0.2) is 0 Å². The van der Waals surface area contributed by atoms with Crippen molar-refractivity contribution in [1.29, 1.82) is 0 Å². The SMILES string of the molecule is CCN1CN(C)CC2C(O)CC3(CCN(C)CN3CC)C(O)C21.CCN1CN(C)CC2C(O)CC3(CCN(C)CN3CC)CC21. The molecule has 0 amide bonds. The van der Waals surface area contributed by atoms with E-state index in [9.17, 15) is 15.3 Å². The predicted octanol–water partition coefficient (Wildman–Crippen LogP) is 0.380. The zero-order chi connectivity index (χ0) is 32.7. The van der Waals surface area contributed by atoms with E-state index in [2.05, 4.69) is 95.1 Å². The van der Waals surface area contributed by atoms with Crippen LogP contribution in [0.15, 0.2) is 0 Å². The first-order valence-corrected chi connectivity index (χ1v) is 18.2. The Bertz CT molecular complexity index is 964. The lowest BCUT2D eigenvalue weighted by Gasteiger charge is -2.62. The average molecular weight is 637 g/mol. The molecule has 4 heterocycles. The monoisotopic (exact) mass is 637 g/mol. The molecule has 4 aliphatic heterocycles. The summed E-state index contributed by atoms with van der Waals surface area (Å²) < 4.78 is 0. The van der Waals surface area contributed by atoms with Crippen molar-refractivity contribution in [3.8, 4) is 0 Å². The lowest BCUT2D eigenvalue weighted by molar-refractivity contribution is -0.199. The van der Waals surface area contributed by atoms with Gasteiger partial charge in [-0.1, -0.05) is 27.7 Å². The van der Waals surface area contributed by atoms with Gasteiger partial charge in [-0.25, -0.2) is 0 Å². The molecule has 3 N–H and O–H groups in total. The molecule has 6 fully saturated rings. The molecule has 9 atom stereocenters. The maximum Gasteiger partial charge on any atom is 0.0885 e. The Hall–Kier alpha value is -0.440. The first-order valence-electron chi connectivity index (χ1n) is 18.2. The topological polar surface area (TPSA) is 86.6 Å². The summed E-state index contributed by atoms with van der Waals surface area (Å²) >= 11 is 0. The molecule has 2 spiro atoms. The molecule has 2 aliphatic carbocycles. The van der Waals surface area contributed by atoms with Crippen molar-refractivity contribution in [3.05, 3.63) is 0 Å². The van der Waals surface area contributed by atoms with Gasteiger partial charge in [-0.2, -0.15) is 0 Å². The van der Waals surface area contributed by atoms with Gasteiger partial charge in [-0.15, -0.1) is 0 Å². The molecule has 0 aromatic rings. The largest absolute Gasteiger partial charge is 0.393 e. The third kappa shape index (κ3) is 6.88. The summed E-state index contributed by atoms with van der Waals surface area (Å²) in [5, 5.41) is 33.3. The highest BCUT2D eigenvalue weighted by molar-refractivity contribution is 5.13. The molecular formula is C34H68N8O3. The molecule has 262 valence electrons.